The fourth-order valence-corrected chi connectivity index (χ4v) is 2.65. The first-order chi connectivity index (χ1) is 13.7. The minimum atomic E-state index is 0.0206. The summed E-state index contributed by atoms with van der Waals surface area (Å²) in [5.41, 5.74) is 16.6. The lowest BCUT2D eigenvalue weighted by Gasteiger charge is -2.18. The highest BCUT2D eigenvalue weighted by atomic mass is 16.7. The van der Waals surface area contributed by atoms with Crippen molar-refractivity contribution in [3.05, 3.63) is 107 Å². The highest BCUT2D eigenvalue weighted by Crippen LogP contribution is 2.13. The van der Waals surface area contributed by atoms with Crippen molar-refractivity contribution in [3.8, 4) is 0 Å². The molecule has 4 nitrogen and oxygen atoms in total. The maximum Gasteiger partial charge on any atom is 0.0949 e. The van der Waals surface area contributed by atoms with Gasteiger partial charge in [-0.3, -0.25) is 4.84 Å². The molecule has 0 aliphatic carbocycles. The lowest BCUT2D eigenvalue weighted by molar-refractivity contribution is -0.00962. The van der Waals surface area contributed by atoms with Gasteiger partial charge in [-0.1, -0.05) is 97.4 Å². The van der Waals surface area contributed by atoms with E-state index in [1.165, 1.54) is 11.1 Å². The Morgan fingerprint density at radius 1 is 0.857 bits per heavy atom. The molecule has 148 valence electrons. The Balaban J connectivity index is 0.000000336. The molecule has 0 bridgehead atoms. The predicted octanol–water partition coefficient (Wildman–Crippen LogP) is 4.47. The van der Waals surface area contributed by atoms with E-state index < -0.39 is 0 Å². The lowest BCUT2D eigenvalue weighted by atomic mass is 10.0. The third kappa shape index (κ3) is 8.03. The number of hydrazine groups is 1. The Bertz CT molecular complexity index is 778. The molecule has 1 atom stereocenters. The number of hydrogen-bond donors (Lipinski definition) is 3. The smallest absolute Gasteiger partial charge is 0.0949 e. The number of nitrogens with one attached hydrogen (secondary N) is 2. The van der Waals surface area contributed by atoms with E-state index in [4.69, 9.17) is 10.6 Å². The molecule has 0 aromatic heterocycles. The molecule has 3 aromatic carbocycles. The normalized spacial score (nSPS) is 11.4. The molecule has 0 heterocycles. The van der Waals surface area contributed by atoms with Gasteiger partial charge in [0, 0.05) is 6.54 Å². The first-order valence-electron chi connectivity index (χ1n) is 9.69. The predicted molar refractivity (Wildman–Crippen MR) is 116 cm³/mol. The first-order valence-corrected chi connectivity index (χ1v) is 9.69. The molecule has 4 N–H and O–H groups in total. The summed E-state index contributed by atoms with van der Waals surface area (Å²) < 4.78 is 0. The molecule has 4 heteroatoms. The van der Waals surface area contributed by atoms with Gasteiger partial charge in [-0.05, 0) is 30.0 Å². The summed E-state index contributed by atoms with van der Waals surface area (Å²) in [6, 6.07) is 28.7. The molecule has 3 rings (SSSR count). The molecule has 3 aromatic rings. The number of rotatable bonds is 8. The zero-order valence-electron chi connectivity index (χ0n) is 16.8. The van der Waals surface area contributed by atoms with Crippen LogP contribution in [0.3, 0.4) is 0 Å². The average molecular weight is 378 g/mol. The second-order valence-electron chi connectivity index (χ2n) is 6.56. The van der Waals surface area contributed by atoms with E-state index in [9.17, 15) is 0 Å². The Labute approximate surface area is 168 Å². The van der Waals surface area contributed by atoms with Gasteiger partial charge < -0.3 is 5.73 Å². The highest BCUT2D eigenvalue weighted by molar-refractivity contribution is 5.26. The zero-order chi connectivity index (χ0) is 20.0. The third-order valence-electron chi connectivity index (χ3n) is 4.32. The van der Waals surface area contributed by atoms with Crippen LogP contribution in [0.15, 0.2) is 84.9 Å². The molecule has 0 fully saturated rings. The molecule has 0 aliphatic heterocycles. The number of aryl methyl sites for hydroxylation is 2. The van der Waals surface area contributed by atoms with Gasteiger partial charge >= 0.3 is 0 Å². The van der Waals surface area contributed by atoms with Gasteiger partial charge in [-0.2, -0.15) is 0 Å². The van der Waals surface area contributed by atoms with Crippen LogP contribution in [-0.4, -0.2) is 6.54 Å². The fourth-order valence-electron chi connectivity index (χ4n) is 2.65. The summed E-state index contributed by atoms with van der Waals surface area (Å²) in [5.74, 6) is 0. The van der Waals surface area contributed by atoms with Gasteiger partial charge in [0.05, 0.1) is 12.6 Å². The number of nitrogens with two attached hydrogens (primary N) is 1. The second-order valence-corrected chi connectivity index (χ2v) is 6.56. The van der Waals surface area contributed by atoms with E-state index in [0.29, 0.717) is 13.2 Å². The van der Waals surface area contributed by atoms with Crippen LogP contribution in [0, 0.1) is 6.92 Å². The van der Waals surface area contributed by atoms with Crippen molar-refractivity contribution in [2.45, 2.75) is 32.9 Å². The summed E-state index contributed by atoms with van der Waals surface area (Å²) >= 11 is 0. The Morgan fingerprint density at radius 2 is 1.50 bits per heavy atom. The van der Waals surface area contributed by atoms with Gasteiger partial charge in [0.25, 0.3) is 0 Å². The van der Waals surface area contributed by atoms with Crippen LogP contribution in [0.1, 0.15) is 35.2 Å². The van der Waals surface area contributed by atoms with Crippen molar-refractivity contribution in [2.75, 3.05) is 6.54 Å². The summed E-state index contributed by atoms with van der Waals surface area (Å²) in [6.07, 6.45) is 1.02. The van der Waals surface area contributed by atoms with E-state index >= 15 is 0 Å². The lowest BCUT2D eigenvalue weighted by Crippen LogP contribution is -2.38. The maximum absolute atomic E-state index is 5.83. The van der Waals surface area contributed by atoms with E-state index in [2.05, 4.69) is 61.3 Å². The fraction of sp³-hybridized carbons (Fsp3) is 0.250. The van der Waals surface area contributed by atoms with Crippen molar-refractivity contribution in [1.29, 1.82) is 0 Å². The van der Waals surface area contributed by atoms with Crippen molar-refractivity contribution >= 4 is 0 Å². The molecule has 0 amide bonds. The van der Waals surface area contributed by atoms with Gasteiger partial charge in [0.15, 0.2) is 0 Å². The molecule has 0 radical (unpaired) electrons. The number of benzene rings is 3. The van der Waals surface area contributed by atoms with E-state index in [-0.39, 0.29) is 6.04 Å². The van der Waals surface area contributed by atoms with Gasteiger partial charge in [-0.15, -0.1) is 5.59 Å². The van der Waals surface area contributed by atoms with Gasteiger partial charge in [-0.25, -0.2) is 5.43 Å². The van der Waals surface area contributed by atoms with E-state index in [0.717, 1.165) is 17.5 Å². The van der Waals surface area contributed by atoms with E-state index in [1.54, 1.807) is 0 Å². The Morgan fingerprint density at radius 3 is 2.07 bits per heavy atom. The van der Waals surface area contributed by atoms with E-state index in [1.807, 2.05) is 48.5 Å². The summed E-state index contributed by atoms with van der Waals surface area (Å²) in [5, 5.41) is 0. The van der Waals surface area contributed by atoms with Crippen LogP contribution in [0.5, 0.6) is 0 Å². The topological polar surface area (TPSA) is 59.3 Å². The molecular formula is C24H31N3O. The maximum atomic E-state index is 5.83. The average Bonchev–Trinajstić information content (AvgIpc) is 2.75. The molecule has 0 saturated carbocycles. The Kier molecular flexibility index (Phi) is 9.97. The first kappa shape index (κ1) is 21.8. The van der Waals surface area contributed by atoms with Crippen LogP contribution >= 0.6 is 0 Å². The van der Waals surface area contributed by atoms with Gasteiger partial charge in [0.1, 0.15) is 0 Å². The van der Waals surface area contributed by atoms with Crippen molar-refractivity contribution < 1.29 is 4.84 Å². The number of hydrogen-bond acceptors (Lipinski definition) is 4. The van der Waals surface area contributed by atoms with Crippen molar-refractivity contribution in [2.24, 2.45) is 5.73 Å². The minimum absolute atomic E-state index is 0.0206. The summed E-state index contributed by atoms with van der Waals surface area (Å²) in [4.78, 5) is 5.41. The highest BCUT2D eigenvalue weighted by Gasteiger charge is 2.09. The SMILES string of the molecule is CCc1cccc(C(CN)NNOCc2ccccc2)c1.Cc1ccccc1. The molecule has 0 saturated heterocycles. The van der Waals surface area contributed by atoms with Crippen molar-refractivity contribution in [1.82, 2.24) is 11.0 Å². The molecule has 0 spiro atoms. The van der Waals surface area contributed by atoms with Crippen LogP contribution in [-0.2, 0) is 17.9 Å². The summed E-state index contributed by atoms with van der Waals surface area (Å²) in [6.45, 7) is 5.22. The molecule has 28 heavy (non-hydrogen) atoms. The van der Waals surface area contributed by atoms with Crippen LogP contribution in [0.2, 0.25) is 0 Å². The standard InChI is InChI=1S/C17H23N3O.C7H8/c1-2-14-9-6-10-16(11-14)17(12-18)19-20-21-13-15-7-4-3-5-8-15;1-7-5-3-2-4-6-7/h3-11,17,19-20H,2,12-13,18H2,1H3;2-6H,1H3. The Hall–Kier alpha value is -2.50. The minimum Gasteiger partial charge on any atom is -0.329 e. The summed E-state index contributed by atoms with van der Waals surface area (Å²) in [7, 11) is 0. The van der Waals surface area contributed by atoms with Crippen molar-refractivity contribution in [3.63, 3.8) is 0 Å². The van der Waals surface area contributed by atoms with Crippen LogP contribution in [0.4, 0.5) is 0 Å². The molecular weight excluding hydrogens is 346 g/mol. The monoisotopic (exact) mass is 377 g/mol. The largest absolute Gasteiger partial charge is 0.329 e. The second kappa shape index (κ2) is 12.8. The zero-order valence-corrected chi connectivity index (χ0v) is 16.8. The quantitative estimate of drug-likeness (QED) is 0.400. The van der Waals surface area contributed by atoms with Crippen LogP contribution < -0.4 is 16.7 Å². The molecule has 0 aliphatic rings. The third-order valence-corrected chi connectivity index (χ3v) is 4.32. The van der Waals surface area contributed by atoms with Crippen LogP contribution in [0.25, 0.3) is 0 Å². The van der Waals surface area contributed by atoms with Gasteiger partial charge in [0.2, 0.25) is 0 Å². The molecule has 1 unspecified atom stereocenters.